The minimum atomic E-state index is 0.614. The first-order valence-corrected chi connectivity index (χ1v) is 9.43. The molecule has 4 aromatic rings. The number of hydrogen-bond donors (Lipinski definition) is 3. The summed E-state index contributed by atoms with van der Waals surface area (Å²) in [6.07, 6.45) is 4.54. The van der Waals surface area contributed by atoms with Crippen LogP contribution in [0.25, 0.3) is 10.9 Å². The number of hydrogen-bond acceptors (Lipinski definition) is 5. The van der Waals surface area contributed by atoms with Gasteiger partial charge in [0.1, 0.15) is 23.7 Å². The SMILES string of the molecule is CCOc1ccccc1Nc1cc(NCCc2c[nH]c3ccccc23)ncn1. The van der Waals surface area contributed by atoms with Gasteiger partial charge in [-0.3, -0.25) is 0 Å². The molecular weight excluding hydrogens is 350 g/mol. The third kappa shape index (κ3) is 4.06. The van der Waals surface area contributed by atoms with Crippen molar-refractivity contribution in [3.63, 3.8) is 0 Å². The van der Waals surface area contributed by atoms with Crippen molar-refractivity contribution in [2.24, 2.45) is 0 Å². The fourth-order valence-electron chi connectivity index (χ4n) is 3.18. The molecule has 6 nitrogen and oxygen atoms in total. The smallest absolute Gasteiger partial charge is 0.142 e. The van der Waals surface area contributed by atoms with Crippen LogP contribution in [0.5, 0.6) is 5.75 Å². The zero-order chi connectivity index (χ0) is 19.2. The van der Waals surface area contributed by atoms with Gasteiger partial charge in [0.25, 0.3) is 0 Å². The van der Waals surface area contributed by atoms with Gasteiger partial charge in [0.15, 0.2) is 0 Å². The predicted octanol–water partition coefficient (Wildman–Crippen LogP) is 4.75. The molecule has 0 fully saturated rings. The second-order valence-corrected chi connectivity index (χ2v) is 6.38. The second-order valence-electron chi connectivity index (χ2n) is 6.38. The summed E-state index contributed by atoms with van der Waals surface area (Å²) in [4.78, 5) is 11.9. The van der Waals surface area contributed by atoms with Gasteiger partial charge in [0, 0.05) is 29.7 Å². The number of fused-ring (bicyclic) bond motifs is 1. The molecule has 142 valence electrons. The number of benzene rings is 2. The monoisotopic (exact) mass is 373 g/mol. The van der Waals surface area contributed by atoms with Crippen molar-refractivity contribution in [3.05, 3.63) is 72.7 Å². The lowest BCUT2D eigenvalue weighted by Gasteiger charge is -2.12. The Morgan fingerprint density at radius 1 is 1.00 bits per heavy atom. The molecule has 2 heterocycles. The fraction of sp³-hybridized carbons (Fsp3) is 0.182. The van der Waals surface area contributed by atoms with Crippen molar-refractivity contribution in [2.75, 3.05) is 23.8 Å². The second kappa shape index (κ2) is 8.43. The van der Waals surface area contributed by atoms with Crippen molar-refractivity contribution >= 4 is 28.2 Å². The lowest BCUT2D eigenvalue weighted by molar-refractivity contribution is 0.342. The molecule has 0 atom stereocenters. The Hall–Kier alpha value is -3.54. The Morgan fingerprint density at radius 3 is 2.75 bits per heavy atom. The summed E-state index contributed by atoms with van der Waals surface area (Å²) in [5, 5.41) is 7.95. The molecule has 0 radical (unpaired) electrons. The molecule has 0 aliphatic heterocycles. The van der Waals surface area contributed by atoms with Crippen LogP contribution in [-0.2, 0) is 6.42 Å². The summed E-state index contributed by atoms with van der Waals surface area (Å²) < 4.78 is 5.66. The number of nitrogens with one attached hydrogen (secondary N) is 3. The van der Waals surface area contributed by atoms with Crippen LogP contribution in [0.1, 0.15) is 12.5 Å². The summed E-state index contributed by atoms with van der Waals surface area (Å²) in [6.45, 7) is 3.37. The number of para-hydroxylation sites is 3. The highest BCUT2D eigenvalue weighted by molar-refractivity contribution is 5.83. The van der Waals surface area contributed by atoms with Gasteiger partial charge in [0.05, 0.1) is 12.3 Å². The third-order valence-electron chi connectivity index (χ3n) is 4.49. The van der Waals surface area contributed by atoms with Crippen LogP contribution in [0.2, 0.25) is 0 Å². The van der Waals surface area contributed by atoms with Crippen LogP contribution >= 0.6 is 0 Å². The maximum Gasteiger partial charge on any atom is 0.142 e. The highest BCUT2D eigenvalue weighted by atomic mass is 16.5. The zero-order valence-electron chi connectivity index (χ0n) is 15.8. The van der Waals surface area contributed by atoms with Crippen molar-refractivity contribution < 1.29 is 4.74 Å². The lowest BCUT2D eigenvalue weighted by atomic mass is 10.1. The van der Waals surface area contributed by atoms with Gasteiger partial charge >= 0.3 is 0 Å². The first kappa shape index (κ1) is 17.9. The summed E-state index contributed by atoms with van der Waals surface area (Å²) in [5.74, 6) is 2.31. The molecular formula is C22H23N5O. The van der Waals surface area contributed by atoms with Gasteiger partial charge in [-0.2, -0.15) is 0 Å². The lowest BCUT2D eigenvalue weighted by Crippen LogP contribution is -2.07. The maximum absolute atomic E-state index is 5.66. The highest BCUT2D eigenvalue weighted by Crippen LogP contribution is 2.27. The summed E-state index contributed by atoms with van der Waals surface area (Å²) in [7, 11) is 0. The molecule has 0 aliphatic carbocycles. The van der Waals surface area contributed by atoms with E-state index in [1.54, 1.807) is 6.33 Å². The van der Waals surface area contributed by atoms with Crippen molar-refractivity contribution in [2.45, 2.75) is 13.3 Å². The fourth-order valence-corrected chi connectivity index (χ4v) is 3.18. The van der Waals surface area contributed by atoms with E-state index in [-0.39, 0.29) is 0 Å². The zero-order valence-corrected chi connectivity index (χ0v) is 15.8. The van der Waals surface area contributed by atoms with Crippen molar-refractivity contribution in [1.82, 2.24) is 15.0 Å². The van der Waals surface area contributed by atoms with E-state index in [1.165, 1.54) is 16.5 Å². The molecule has 0 amide bonds. The third-order valence-corrected chi connectivity index (χ3v) is 4.49. The molecule has 0 unspecified atom stereocenters. The quantitative estimate of drug-likeness (QED) is 0.415. The van der Waals surface area contributed by atoms with E-state index >= 15 is 0 Å². The van der Waals surface area contributed by atoms with Gasteiger partial charge < -0.3 is 20.4 Å². The molecule has 0 spiro atoms. The van der Waals surface area contributed by atoms with Gasteiger partial charge in [-0.05, 0) is 37.1 Å². The molecule has 2 aromatic carbocycles. The van der Waals surface area contributed by atoms with E-state index in [9.17, 15) is 0 Å². The topological polar surface area (TPSA) is 74.9 Å². The van der Waals surface area contributed by atoms with Crippen LogP contribution in [0.3, 0.4) is 0 Å². The molecule has 0 saturated carbocycles. The summed E-state index contributed by atoms with van der Waals surface area (Å²) in [5.41, 5.74) is 3.34. The number of aromatic amines is 1. The van der Waals surface area contributed by atoms with E-state index < -0.39 is 0 Å². The average molecular weight is 373 g/mol. The number of aromatic nitrogens is 3. The minimum Gasteiger partial charge on any atom is -0.492 e. The van der Waals surface area contributed by atoms with Gasteiger partial charge in [-0.15, -0.1) is 0 Å². The average Bonchev–Trinajstić information content (AvgIpc) is 3.13. The normalized spacial score (nSPS) is 10.8. The molecule has 0 bridgehead atoms. The Bertz CT molecular complexity index is 1060. The van der Waals surface area contributed by atoms with Crippen molar-refractivity contribution in [3.8, 4) is 5.75 Å². The Balaban J connectivity index is 1.40. The van der Waals surface area contributed by atoms with Crippen LogP contribution in [0.15, 0.2) is 67.1 Å². The van der Waals surface area contributed by atoms with Gasteiger partial charge in [-0.1, -0.05) is 30.3 Å². The molecule has 0 saturated heterocycles. The number of ether oxygens (including phenoxy) is 1. The Labute approximate surface area is 164 Å². The van der Waals surface area contributed by atoms with E-state index in [1.807, 2.05) is 43.3 Å². The molecule has 6 heteroatoms. The van der Waals surface area contributed by atoms with Crippen LogP contribution in [0, 0.1) is 0 Å². The van der Waals surface area contributed by atoms with Gasteiger partial charge in [-0.25, -0.2) is 9.97 Å². The standard InChI is InChI=1S/C22H23N5O/c1-2-28-20-10-6-5-9-19(20)27-22-13-21(25-15-26-22)23-12-11-16-14-24-18-8-4-3-7-17(16)18/h3-10,13-15,24H,2,11-12H2,1H3,(H2,23,25,26,27). The molecule has 3 N–H and O–H groups in total. The number of rotatable bonds is 8. The first-order chi connectivity index (χ1) is 13.8. The van der Waals surface area contributed by atoms with E-state index in [4.69, 9.17) is 4.74 Å². The summed E-state index contributed by atoms with van der Waals surface area (Å²) in [6, 6.07) is 18.1. The number of nitrogens with zero attached hydrogens (tertiary/aromatic N) is 2. The molecule has 2 aromatic heterocycles. The Kier molecular flexibility index (Phi) is 5.38. The van der Waals surface area contributed by atoms with Gasteiger partial charge in [0.2, 0.25) is 0 Å². The first-order valence-electron chi connectivity index (χ1n) is 9.43. The maximum atomic E-state index is 5.66. The predicted molar refractivity (Wildman–Crippen MR) is 113 cm³/mol. The van der Waals surface area contributed by atoms with Crippen LogP contribution in [-0.4, -0.2) is 28.1 Å². The highest BCUT2D eigenvalue weighted by Gasteiger charge is 2.06. The molecule has 28 heavy (non-hydrogen) atoms. The van der Waals surface area contributed by atoms with Crippen LogP contribution < -0.4 is 15.4 Å². The minimum absolute atomic E-state index is 0.614. The van der Waals surface area contributed by atoms with E-state index in [0.717, 1.165) is 36.0 Å². The molecule has 4 rings (SSSR count). The van der Waals surface area contributed by atoms with Crippen LogP contribution in [0.4, 0.5) is 17.3 Å². The van der Waals surface area contributed by atoms with E-state index in [0.29, 0.717) is 6.61 Å². The number of anilines is 3. The van der Waals surface area contributed by atoms with Crippen molar-refractivity contribution in [1.29, 1.82) is 0 Å². The van der Waals surface area contributed by atoms with E-state index in [2.05, 4.69) is 50.0 Å². The summed E-state index contributed by atoms with van der Waals surface area (Å²) >= 11 is 0. The number of H-pyrrole nitrogens is 1. The molecule has 0 aliphatic rings. The largest absolute Gasteiger partial charge is 0.492 e. The Morgan fingerprint density at radius 2 is 1.82 bits per heavy atom.